The largest absolute Gasteiger partial charge is 0.354 e. The van der Waals surface area contributed by atoms with Gasteiger partial charge < -0.3 is 5.32 Å². The van der Waals surface area contributed by atoms with Crippen molar-refractivity contribution in [2.45, 2.75) is 19.4 Å². The Kier molecular flexibility index (Phi) is 6.89. The van der Waals surface area contributed by atoms with Crippen LogP contribution in [0.1, 0.15) is 18.4 Å². The van der Waals surface area contributed by atoms with Crippen molar-refractivity contribution in [2.75, 3.05) is 13.1 Å². The van der Waals surface area contributed by atoms with E-state index < -0.39 is 0 Å². The van der Waals surface area contributed by atoms with Gasteiger partial charge in [0, 0.05) is 43.5 Å². The molecule has 0 spiro atoms. The molecule has 1 fully saturated rings. The summed E-state index contributed by atoms with van der Waals surface area (Å²) in [5, 5.41) is 7.09. The first-order valence-corrected chi connectivity index (χ1v) is 9.97. The van der Waals surface area contributed by atoms with E-state index in [0.29, 0.717) is 29.3 Å². The zero-order chi connectivity index (χ0) is 19.9. The number of benzene rings is 1. The molecule has 0 saturated carbocycles. The molecule has 1 N–H and O–H groups in total. The lowest BCUT2D eigenvalue weighted by Gasteiger charge is -2.13. The van der Waals surface area contributed by atoms with Gasteiger partial charge >= 0.3 is 0 Å². The summed E-state index contributed by atoms with van der Waals surface area (Å²) >= 11 is 6.74. The van der Waals surface area contributed by atoms with E-state index in [1.54, 1.807) is 41.2 Å². The number of nitrogens with zero attached hydrogens (tertiary/aromatic N) is 3. The minimum absolute atomic E-state index is 0.115. The van der Waals surface area contributed by atoms with E-state index in [2.05, 4.69) is 10.4 Å². The minimum Gasteiger partial charge on any atom is -0.354 e. The molecule has 2 aromatic rings. The van der Waals surface area contributed by atoms with Gasteiger partial charge in [-0.25, -0.2) is 0 Å². The van der Waals surface area contributed by atoms with Crippen LogP contribution in [0.15, 0.2) is 47.6 Å². The number of aryl methyl sites for hydroxylation is 1. The molecule has 0 bridgehead atoms. The standard InChI is InChI=1S/C19H19ClN4O3S/c20-15-6-4-14(5-7-15)13-16-18(26)24(19(27)28-16)12-9-21-17(25)3-1-10-23-11-2-8-22-23/h2,4-8,11,13H,1,3,9-10,12H2,(H,21,25)/b16-13-. The Hall–Kier alpha value is -2.58. The molecule has 3 rings (SSSR count). The van der Waals surface area contributed by atoms with Gasteiger partial charge in [-0.05, 0) is 48.0 Å². The maximum atomic E-state index is 12.4. The van der Waals surface area contributed by atoms with E-state index in [4.69, 9.17) is 11.6 Å². The fourth-order valence-corrected chi connectivity index (χ4v) is 3.62. The molecule has 1 aromatic heterocycles. The van der Waals surface area contributed by atoms with Crippen LogP contribution in [0.5, 0.6) is 0 Å². The third-order valence-corrected chi connectivity index (χ3v) is 5.21. The highest BCUT2D eigenvalue weighted by Gasteiger charge is 2.34. The third kappa shape index (κ3) is 5.46. The van der Waals surface area contributed by atoms with Crippen molar-refractivity contribution in [3.05, 3.63) is 58.2 Å². The Balaban J connectivity index is 1.44. The average Bonchev–Trinajstić information content (AvgIpc) is 3.27. The van der Waals surface area contributed by atoms with Crippen LogP contribution in [0, 0.1) is 0 Å². The summed E-state index contributed by atoms with van der Waals surface area (Å²) in [4.78, 5) is 37.9. The van der Waals surface area contributed by atoms with Gasteiger partial charge in [-0.2, -0.15) is 5.10 Å². The number of nitrogens with one attached hydrogen (secondary N) is 1. The highest BCUT2D eigenvalue weighted by Crippen LogP contribution is 2.32. The molecular formula is C19H19ClN4O3S. The van der Waals surface area contributed by atoms with Gasteiger partial charge in [0.25, 0.3) is 11.1 Å². The third-order valence-electron chi connectivity index (χ3n) is 4.05. The summed E-state index contributed by atoms with van der Waals surface area (Å²) in [6, 6.07) is 8.83. The molecule has 0 atom stereocenters. The molecular weight excluding hydrogens is 400 g/mol. The van der Waals surface area contributed by atoms with Crippen molar-refractivity contribution in [3.63, 3.8) is 0 Å². The van der Waals surface area contributed by atoms with E-state index >= 15 is 0 Å². The van der Waals surface area contributed by atoms with Crippen LogP contribution in [0.25, 0.3) is 6.08 Å². The van der Waals surface area contributed by atoms with Crippen LogP contribution in [-0.2, 0) is 16.1 Å². The van der Waals surface area contributed by atoms with Crippen molar-refractivity contribution in [1.29, 1.82) is 0 Å². The maximum Gasteiger partial charge on any atom is 0.293 e. The van der Waals surface area contributed by atoms with Crippen LogP contribution in [-0.4, -0.2) is 44.8 Å². The number of imide groups is 1. The summed E-state index contributed by atoms with van der Waals surface area (Å²) in [6.07, 6.45) is 6.22. The van der Waals surface area contributed by atoms with E-state index in [1.165, 1.54) is 0 Å². The minimum atomic E-state index is -0.349. The second kappa shape index (κ2) is 9.57. The predicted molar refractivity (Wildman–Crippen MR) is 109 cm³/mol. The fraction of sp³-hybridized carbons (Fsp3) is 0.263. The van der Waals surface area contributed by atoms with Crippen LogP contribution >= 0.6 is 23.4 Å². The number of carbonyl (C=O) groups excluding carboxylic acids is 3. The van der Waals surface area contributed by atoms with Crippen molar-refractivity contribution in [1.82, 2.24) is 20.0 Å². The van der Waals surface area contributed by atoms with Crippen molar-refractivity contribution >= 4 is 46.5 Å². The molecule has 9 heteroatoms. The molecule has 0 radical (unpaired) electrons. The normalized spacial score (nSPS) is 15.5. The topological polar surface area (TPSA) is 84.3 Å². The lowest BCUT2D eigenvalue weighted by molar-refractivity contribution is -0.124. The summed E-state index contributed by atoms with van der Waals surface area (Å²) in [5.41, 5.74) is 0.792. The lowest BCUT2D eigenvalue weighted by Crippen LogP contribution is -2.37. The number of thioether (sulfide) groups is 1. The van der Waals surface area contributed by atoms with E-state index in [0.717, 1.165) is 22.2 Å². The van der Waals surface area contributed by atoms with Crippen molar-refractivity contribution in [3.8, 4) is 0 Å². The summed E-state index contributed by atoms with van der Waals surface area (Å²) in [7, 11) is 0. The van der Waals surface area contributed by atoms with Gasteiger partial charge in [-0.1, -0.05) is 23.7 Å². The Morgan fingerprint density at radius 3 is 2.71 bits per heavy atom. The number of aromatic nitrogens is 2. The number of hydrogen-bond acceptors (Lipinski definition) is 5. The van der Waals surface area contributed by atoms with Crippen LogP contribution < -0.4 is 5.32 Å². The molecule has 0 aliphatic carbocycles. The molecule has 3 amide bonds. The number of halogens is 1. The number of amides is 3. The maximum absolute atomic E-state index is 12.4. The first-order valence-electron chi connectivity index (χ1n) is 8.78. The quantitative estimate of drug-likeness (QED) is 0.665. The van der Waals surface area contributed by atoms with Gasteiger partial charge in [0.1, 0.15) is 0 Å². The van der Waals surface area contributed by atoms with Gasteiger partial charge in [0.2, 0.25) is 5.91 Å². The predicted octanol–water partition coefficient (Wildman–Crippen LogP) is 3.17. The van der Waals surface area contributed by atoms with Crippen LogP contribution in [0.4, 0.5) is 4.79 Å². The number of rotatable bonds is 8. The van der Waals surface area contributed by atoms with Crippen molar-refractivity contribution in [2.24, 2.45) is 0 Å². The van der Waals surface area contributed by atoms with Gasteiger partial charge in [0.05, 0.1) is 4.91 Å². The molecule has 2 heterocycles. The SMILES string of the molecule is O=C(CCCn1cccn1)NCCN1C(=O)S/C(=C\c2ccc(Cl)cc2)C1=O. The Morgan fingerprint density at radius 2 is 2.00 bits per heavy atom. The Labute approximate surface area is 171 Å². The van der Waals surface area contributed by atoms with Crippen LogP contribution in [0.3, 0.4) is 0 Å². The lowest BCUT2D eigenvalue weighted by atomic mass is 10.2. The van der Waals surface area contributed by atoms with E-state index in [1.807, 2.05) is 12.3 Å². The fourth-order valence-electron chi connectivity index (χ4n) is 2.63. The van der Waals surface area contributed by atoms with Gasteiger partial charge in [-0.15, -0.1) is 0 Å². The van der Waals surface area contributed by atoms with E-state index in [9.17, 15) is 14.4 Å². The van der Waals surface area contributed by atoms with Gasteiger partial charge in [0.15, 0.2) is 0 Å². The molecule has 1 saturated heterocycles. The number of hydrogen-bond donors (Lipinski definition) is 1. The summed E-state index contributed by atoms with van der Waals surface area (Å²) < 4.78 is 1.76. The molecule has 1 aliphatic heterocycles. The molecule has 7 nitrogen and oxygen atoms in total. The Bertz CT molecular complexity index is 881. The first kappa shape index (κ1) is 20.2. The second-order valence-corrected chi connectivity index (χ2v) is 7.54. The molecule has 1 aliphatic rings. The smallest absolute Gasteiger partial charge is 0.293 e. The zero-order valence-corrected chi connectivity index (χ0v) is 16.6. The monoisotopic (exact) mass is 418 g/mol. The molecule has 1 aromatic carbocycles. The average molecular weight is 419 g/mol. The first-order chi connectivity index (χ1) is 13.5. The van der Waals surface area contributed by atoms with E-state index in [-0.39, 0.29) is 30.1 Å². The molecule has 146 valence electrons. The Morgan fingerprint density at radius 1 is 1.21 bits per heavy atom. The molecule has 28 heavy (non-hydrogen) atoms. The van der Waals surface area contributed by atoms with Crippen molar-refractivity contribution < 1.29 is 14.4 Å². The highest BCUT2D eigenvalue weighted by molar-refractivity contribution is 8.18. The second-order valence-electron chi connectivity index (χ2n) is 6.11. The zero-order valence-electron chi connectivity index (χ0n) is 15.0. The van der Waals surface area contributed by atoms with Crippen LogP contribution in [0.2, 0.25) is 5.02 Å². The number of carbonyl (C=O) groups is 3. The van der Waals surface area contributed by atoms with Gasteiger partial charge in [-0.3, -0.25) is 24.0 Å². The summed E-state index contributed by atoms with van der Waals surface area (Å²) in [5.74, 6) is -0.464. The molecule has 0 unspecified atom stereocenters. The highest BCUT2D eigenvalue weighted by atomic mass is 35.5. The summed E-state index contributed by atoms with van der Waals surface area (Å²) in [6.45, 7) is 1.04.